The van der Waals surface area contributed by atoms with E-state index >= 15 is 0 Å². The molecule has 2 aliphatic heterocycles. The fourth-order valence-corrected chi connectivity index (χ4v) is 3.67. The molecule has 6 nitrogen and oxygen atoms in total. The number of ether oxygens (including phenoxy) is 2. The molecule has 0 bridgehead atoms. The van der Waals surface area contributed by atoms with Gasteiger partial charge in [0.1, 0.15) is 12.7 Å². The van der Waals surface area contributed by atoms with Gasteiger partial charge in [0.05, 0.1) is 12.6 Å². The second kappa shape index (κ2) is 9.24. The molecule has 2 unspecified atom stereocenters. The van der Waals surface area contributed by atoms with Crippen LogP contribution < -0.4 is 20.1 Å². The van der Waals surface area contributed by atoms with Gasteiger partial charge < -0.3 is 20.1 Å². The highest BCUT2D eigenvalue weighted by atomic mass is 16.6. The zero-order valence-electron chi connectivity index (χ0n) is 15.9. The topological polar surface area (TPSA) is 62.8 Å². The number of likely N-dealkylation sites (tertiary alicyclic amines) is 1. The predicted molar refractivity (Wildman–Crippen MR) is 102 cm³/mol. The monoisotopic (exact) mass is 361 g/mol. The zero-order chi connectivity index (χ0) is 18.4. The van der Waals surface area contributed by atoms with Crippen LogP contribution in [0.2, 0.25) is 0 Å². The van der Waals surface area contributed by atoms with Gasteiger partial charge in [-0.25, -0.2) is 0 Å². The van der Waals surface area contributed by atoms with Crippen LogP contribution in [-0.2, 0) is 4.79 Å². The van der Waals surface area contributed by atoms with Crippen LogP contribution in [0.1, 0.15) is 26.2 Å². The number of fused-ring (bicyclic) bond motifs is 1. The van der Waals surface area contributed by atoms with Crippen LogP contribution in [0.3, 0.4) is 0 Å². The number of para-hydroxylation sites is 2. The van der Waals surface area contributed by atoms with E-state index in [0.717, 1.165) is 37.1 Å². The van der Waals surface area contributed by atoms with Gasteiger partial charge in [0.15, 0.2) is 11.5 Å². The van der Waals surface area contributed by atoms with Crippen LogP contribution in [0.15, 0.2) is 24.3 Å². The lowest BCUT2D eigenvalue weighted by molar-refractivity contribution is -0.127. The summed E-state index contributed by atoms with van der Waals surface area (Å²) in [6.45, 7) is 6.00. The van der Waals surface area contributed by atoms with Crippen molar-refractivity contribution in [2.24, 2.45) is 5.92 Å². The molecule has 1 saturated heterocycles. The van der Waals surface area contributed by atoms with Crippen molar-refractivity contribution in [2.75, 3.05) is 39.8 Å². The van der Waals surface area contributed by atoms with Crippen molar-refractivity contribution in [3.63, 3.8) is 0 Å². The zero-order valence-corrected chi connectivity index (χ0v) is 15.9. The van der Waals surface area contributed by atoms with Crippen LogP contribution in [0.5, 0.6) is 11.5 Å². The average Bonchev–Trinajstić information content (AvgIpc) is 2.70. The highest BCUT2D eigenvalue weighted by molar-refractivity contribution is 5.81. The second-order valence-electron chi connectivity index (χ2n) is 7.29. The minimum Gasteiger partial charge on any atom is -0.486 e. The summed E-state index contributed by atoms with van der Waals surface area (Å²) >= 11 is 0. The molecule has 0 aromatic heterocycles. The SMILES string of the molecule is CNCCC1CCN(C(C)C(=O)NCC2COc3ccccc3O2)CC1. The first-order valence-corrected chi connectivity index (χ1v) is 9.72. The molecule has 2 aliphatic rings. The smallest absolute Gasteiger partial charge is 0.237 e. The number of nitrogens with zero attached hydrogens (tertiary/aromatic N) is 1. The molecule has 2 atom stereocenters. The molecule has 2 N–H and O–H groups in total. The van der Waals surface area contributed by atoms with E-state index in [-0.39, 0.29) is 18.1 Å². The van der Waals surface area contributed by atoms with Gasteiger partial charge in [-0.05, 0) is 70.9 Å². The highest BCUT2D eigenvalue weighted by Gasteiger charge is 2.27. The molecular weight excluding hydrogens is 330 g/mol. The molecule has 0 spiro atoms. The third kappa shape index (κ3) is 4.89. The molecule has 26 heavy (non-hydrogen) atoms. The largest absolute Gasteiger partial charge is 0.486 e. The molecule has 144 valence electrons. The summed E-state index contributed by atoms with van der Waals surface area (Å²) in [5.41, 5.74) is 0. The van der Waals surface area contributed by atoms with Crippen molar-refractivity contribution in [2.45, 2.75) is 38.3 Å². The van der Waals surface area contributed by atoms with Gasteiger partial charge in [0, 0.05) is 0 Å². The predicted octanol–water partition coefficient (Wildman–Crippen LogP) is 1.65. The molecule has 0 saturated carbocycles. The van der Waals surface area contributed by atoms with Crippen molar-refractivity contribution < 1.29 is 14.3 Å². The fourth-order valence-electron chi connectivity index (χ4n) is 3.67. The van der Waals surface area contributed by atoms with Crippen LogP contribution in [0, 0.1) is 5.92 Å². The summed E-state index contributed by atoms with van der Waals surface area (Å²) in [5.74, 6) is 2.36. The second-order valence-corrected chi connectivity index (χ2v) is 7.29. The molecule has 1 amide bonds. The molecule has 3 rings (SSSR count). The van der Waals surface area contributed by atoms with Gasteiger partial charge >= 0.3 is 0 Å². The van der Waals surface area contributed by atoms with Gasteiger partial charge in [-0.1, -0.05) is 12.1 Å². The molecule has 0 radical (unpaired) electrons. The molecule has 1 fully saturated rings. The molecule has 1 aromatic carbocycles. The molecular formula is C20H31N3O3. The number of rotatable bonds is 7. The Kier molecular flexibility index (Phi) is 6.74. The van der Waals surface area contributed by atoms with E-state index in [1.807, 2.05) is 38.2 Å². The van der Waals surface area contributed by atoms with Crippen molar-refractivity contribution in [3.8, 4) is 11.5 Å². The van der Waals surface area contributed by atoms with E-state index in [0.29, 0.717) is 13.2 Å². The first-order chi connectivity index (χ1) is 12.7. The third-order valence-electron chi connectivity index (χ3n) is 5.45. The molecule has 0 aliphatic carbocycles. The number of hydrogen-bond acceptors (Lipinski definition) is 5. The first kappa shape index (κ1) is 19.0. The number of carbonyl (C=O) groups excluding carboxylic acids is 1. The Balaban J connectivity index is 1.40. The first-order valence-electron chi connectivity index (χ1n) is 9.72. The summed E-state index contributed by atoms with van der Waals surface area (Å²) in [6.07, 6.45) is 3.44. The summed E-state index contributed by atoms with van der Waals surface area (Å²) in [7, 11) is 2.00. The Labute approximate surface area is 156 Å². The highest BCUT2D eigenvalue weighted by Crippen LogP contribution is 2.30. The quantitative estimate of drug-likeness (QED) is 0.773. The van der Waals surface area contributed by atoms with Crippen LogP contribution in [0.25, 0.3) is 0 Å². The van der Waals surface area contributed by atoms with E-state index in [2.05, 4.69) is 15.5 Å². The Hall–Kier alpha value is -1.79. The van der Waals surface area contributed by atoms with Crippen molar-refractivity contribution >= 4 is 5.91 Å². The Morgan fingerprint density at radius 1 is 1.27 bits per heavy atom. The van der Waals surface area contributed by atoms with E-state index in [1.54, 1.807) is 0 Å². The standard InChI is InChI=1S/C20H31N3O3/c1-15(23-11-8-16(9-12-23)7-10-21-2)20(24)22-13-17-14-25-18-5-3-4-6-19(18)26-17/h3-6,15-17,21H,7-14H2,1-2H3,(H,22,24). The van der Waals surface area contributed by atoms with Gasteiger partial charge in [0.25, 0.3) is 0 Å². The molecule has 2 heterocycles. The van der Waals surface area contributed by atoms with Gasteiger partial charge in [0.2, 0.25) is 5.91 Å². The summed E-state index contributed by atoms with van der Waals surface area (Å²) < 4.78 is 11.6. The van der Waals surface area contributed by atoms with E-state index < -0.39 is 0 Å². The maximum absolute atomic E-state index is 12.5. The van der Waals surface area contributed by atoms with Gasteiger partial charge in [-0.3, -0.25) is 9.69 Å². The summed E-state index contributed by atoms with van der Waals surface area (Å²) in [6, 6.07) is 7.53. The number of nitrogens with one attached hydrogen (secondary N) is 2. The number of piperidine rings is 1. The minimum atomic E-state index is -0.145. The van der Waals surface area contributed by atoms with Gasteiger partial charge in [-0.15, -0.1) is 0 Å². The van der Waals surface area contributed by atoms with Crippen molar-refractivity contribution in [3.05, 3.63) is 24.3 Å². The van der Waals surface area contributed by atoms with Gasteiger partial charge in [-0.2, -0.15) is 0 Å². The minimum absolute atomic E-state index is 0.0705. The van der Waals surface area contributed by atoms with Crippen molar-refractivity contribution in [1.82, 2.24) is 15.5 Å². The Morgan fingerprint density at radius 3 is 2.73 bits per heavy atom. The van der Waals surface area contributed by atoms with Crippen molar-refractivity contribution in [1.29, 1.82) is 0 Å². The lowest BCUT2D eigenvalue weighted by atomic mass is 9.93. The van der Waals surface area contributed by atoms with Crippen LogP contribution >= 0.6 is 0 Å². The number of amides is 1. The fraction of sp³-hybridized carbons (Fsp3) is 0.650. The number of carbonyl (C=O) groups is 1. The van der Waals surface area contributed by atoms with E-state index in [4.69, 9.17) is 9.47 Å². The number of hydrogen-bond donors (Lipinski definition) is 2. The Morgan fingerprint density at radius 2 is 2.00 bits per heavy atom. The maximum atomic E-state index is 12.5. The van der Waals surface area contributed by atoms with Crippen LogP contribution in [-0.4, -0.2) is 62.8 Å². The van der Waals surface area contributed by atoms with E-state index in [9.17, 15) is 4.79 Å². The maximum Gasteiger partial charge on any atom is 0.237 e. The van der Waals surface area contributed by atoms with Crippen LogP contribution in [0.4, 0.5) is 0 Å². The third-order valence-corrected chi connectivity index (χ3v) is 5.45. The average molecular weight is 361 g/mol. The summed E-state index contributed by atoms with van der Waals surface area (Å²) in [5, 5.41) is 6.25. The molecule has 6 heteroatoms. The number of benzene rings is 1. The molecule has 1 aromatic rings. The van der Waals surface area contributed by atoms with E-state index in [1.165, 1.54) is 19.3 Å². The normalized spacial score (nSPS) is 22.0. The Bertz CT molecular complexity index is 587. The lowest BCUT2D eigenvalue weighted by Crippen LogP contribution is -2.50. The lowest BCUT2D eigenvalue weighted by Gasteiger charge is -2.35. The summed E-state index contributed by atoms with van der Waals surface area (Å²) in [4.78, 5) is 14.8.